The van der Waals surface area contributed by atoms with Gasteiger partial charge < -0.3 is 15.1 Å². The molecule has 2 fully saturated rings. The van der Waals surface area contributed by atoms with Gasteiger partial charge in [0.05, 0.1) is 0 Å². The van der Waals surface area contributed by atoms with Crippen molar-refractivity contribution < 1.29 is 0 Å². The highest BCUT2D eigenvalue weighted by Crippen LogP contribution is 2.33. The standard InChI is InChI=1S/C14H29N3/c1-4-8-15-14(12-5-6-12)11-17-9-7-13(10-17)16(2)3/h12-15H,4-11H2,1-3H3. The highest BCUT2D eigenvalue weighted by molar-refractivity contribution is 4.91. The van der Waals surface area contributed by atoms with Gasteiger partial charge in [-0.2, -0.15) is 0 Å². The summed E-state index contributed by atoms with van der Waals surface area (Å²) in [5, 5.41) is 3.75. The van der Waals surface area contributed by atoms with E-state index in [1.54, 1.807) is 0 Å². The van der Waals surface area contributed by atoms with Crippen LogP contribution in [0.4, 0.5) is 0 Å². The van der Waals surface area contributed by atoms with Crippen molar-refractivity contribution in [3.05, 3.63) is 0 Å². The third kappa shape index (κ3) is 3.94. The van der Waals surface area contributed by atoms with E-state index < -0.39 is 0 Å². The minimum atomic E-state index is 0.760. The highest BCUT2D eigenvalue weighted by Gasteiger charge is 2.33. The smallest absolute Gasteiger partial charge is 0.0229 e. The fourth-order valence-electron chi connectivity index (χ4n) is 2.89. The molecule has 17 heavy (non-hydrogen) atoms. The van der Waals surface area contributed by atoms with Gasteiger partial charge in [-0.1, -0.05) is 6.92 Å². The zero-order valence-electron chi connectivity index (χ0n) is 11.8. The van der Waals surface area contributed by atoms with Gasteiger partial charge >= 0.3 is 0 Å². The molecule has 1 aliphatic heterocycles. The fraction of sp³-hybridized carbons (Fsp3) is 1.00. The van der Waals surface area contributed by atoms with Crippen LogP contribution in [0.15, 0.2) is 0 Å². The third-order valence-electron chi connectivity index (χ3n) is 4.28. The van der Waals surface area contributed by atoms with Crippen molar-refractivity contribution in [1.82, 2.24) is 15.1 Å². The molecule has 1 saturated heterocycles. The molecule has 2 aliphatic rings. The number of hydrogen-bond donors (Lipinski definition) is 1. The Morgan fingerprint density at radius 2 is 2.06 bits per heavy atom. The first kappa shape index (κ1) is 13.3. The molecule has 0 radical (unpaired) electrons. The second-order valence-corrected chi connectivity index (χ2v) is 6.06. The zero-order valence-corrected chi connectivity index (χ0v) is 11.8. The third-order valence-corrected chi connectivity index (χ3v) is 4.28. The molecule has 2 rings (SSSR count). The Balaban J connectivity index is 1.74. The van der Waals surface area contributed by atoms with Crippen LogP contribution < -0.4 is 5.32 Å². The number of nitrogens with zero attached hydrogens (tertiary/aromatic N) is 2. The summed E-state index contributed by atoms with van der Waals surface area (Å²) in [6.07, 6.45) is 5.50. The van der Waals surface area contributed by atoms with Gasteiger partial charge in [0.15, 0.2) is 0 Å². The molecule has 100 valence electrons. The quantitative estimate of drug-likeness (QED) is 0.724. The van der Waals surface area contributed by atoms with Crippen LogP contribution >= 0.6 is 0 Å². The monoisotopic (exact) mass is 239 g/mol. The van der Waals surface area contributed by atoms with Gasteiger partial charge in [-0.05, 0) is 58.8 Å². The zero-order chi connectivity index (χ0) is 12.3. The van der Waals surface area contributed by atoms with Crippen LogP contribution in [0.2, 0.25) is 0 Å². The van der Waals surface area contributed by atoms with Crippen LogP contribution in [-0.4, -0.2) is 62.2 Å². The molecule has 0 aromatic rings. The molecule has 0 aromatic heterocycles. The Kier molecular flexibility index (Phi) is 4.83. The molecule has 3 nitrogen and oxygen atoms in total. The number of nitrogens with one attached hydrogen (secondary N) is 1. The Bertz CT molecular complexity index is 226. The normalized spacial score (nSPS) is 27.9. The number of hydrogen-bond acceptors (Lipinski definition) is 3. The Hall–Kier alpha value is -0.120. The largest absolute Gasteiger partial charge is 0.312 e. The molecule has 3 heteroatoms. The lowest BCUT2D eigenvalue weighted by Gasteiger charge is -2.25. The van der Waals surface area contributed by atoms with Crippen molar-refractivity contribution >= 4 is 0 Å². The van der Waals surface area contributed by atoms with E-state index in [0.29, 0.717) is 0 Å². The van der Waals surface area contributed by atoms with Crippen molar-refractivity contribution in [2.75, 3.05) is 40.3 Å². The lowest BCUT2D eigenvalue weighted by atomic mass is 10.1. The summed E-state index contributed by atoms with van der Waals surface area (Å²) in [6, 6.07) is 1.54. The molecular weight excluding hydrogens is 210 g/mol. The van der Waals surface area contributed by atoms with Crippen molar-refractivity contribution in [1.29, 1.82) is 0 Å². The Morgan fingerprint density at radius 1 is 1.29 bits per heavy atom. The lowest BCUT2D eigenvalue weighted by molar-refractivity contribution is 0.242. The average Bonchev–Trinajstić information content (AvgIpc) is 3.04. The number of likely N-dealkylation sites (N-methyl/N-ethyl adjacent to an activating group) is 1. The summed E-state index contributed by atoms with van der Waals surface area (Å²) < 4.78 is 0. The van der Waals surface area contributed by atoms with E-state index in [0.717, 1.165) is 18.0 Å². The van der Waals surface area contributed by atoms with E-state index >= 15 is 0 Å². The molecule has 1 saturated carbocycles. The van der Waals surface area contributed by atoms with E-state index in [1.165, 1.54) is 51.9 Å². The summed E-state index contributed by atoms with van der Waals surface area (Å²) in [5.74, 6) is 0.972. The first-order chi connectivity index (χ1) is 8.20. The average molecular weight is 239 g/mol. The maximum Gasteiger partial charge on any atom is 0.0229 e. The van der Waals surface area contributed by atoms with Crippen LogP contribution in [0.25, 0.3) is 0 Å². The summed E-state index contributed by atoms with van der Waals surface area (Å²) >= 11 is 0. The van der Waals surface area contributed by atoms with E-state index in [1.807, 2.05) is 0 Å². The molecule has 1 heterocycles. The van der Waals surface area contributed by atoms with Gasteiger partial charge in [0.25, 0.3) is 0 Å². The Morgan fingerprint density at radius 3 is 2.59 bits per heavy atom. The minimum Gasteiger partial charge on any atom is -0.312 e. The van der Waals surface area contributed by atoms with Gasteiger partial charge in [0.2, 0.25) is 0 Å². The van der Waals surface area contributed by atoms with Crippen molar-refractivity contribution in [2.45, 2.75) is 44.7 Å². The minimum absolute atomic E-state index is 0.760. The van der Waals surface area contributed by atoms with Crippen molar-refractivity contribution in [2.24, 2.45) is 5.92 Å². The second-order valence-electron chi connectivity index (χ2n) is 6.06. The topological polar surface area (TPSA) is 18.5 Å². The SMILES string of the molecule is CCCNC(CN1CCC(N(C)C)C1)C1CC1. The van der Waals surface area contributed by atoms with Crippen LogP contribution in [0.1, 0.15) is 32.6 Å². The van der Waals surface area contributed by atoms with Crippen LogP contribution in [-0.2, 0) is 0 Å². The Labute approximate surface area is 107 Å². The van der Waals surface area contributed by atoms with E-state index in [4.69, 9.17) is 0 Å². The molecule has 1 N–H and O–H groups in total. The molecule has 0 aromatic carbocycles. The van der Waals surface area contributed by atoms with Crippen LogP contribution in [0.3, 0.4) is 0 Å². The van der Waals surface area contributed by atoms with E-state index in [9.17, 15) is 0 Å². The maximum atomic E-state index is 3.75. The first-order valence-electron chi connectivity index (χ1n) is 7.33. The highest BCUT2D eigenvalue weighted by atomic mass is 15.2. The van der Waals surface area contributed by atoms with E-state index in [2.05, 4.69) is 36.1 Å². The molecule has 2 unspecified atom stereocenters. The fourth-order valence-corrected chi connectivity index (χ4v) is 2.89. The van der Waals surface area contributed by atoms with Gasteiger partial charge in [-0.3, -0.25) is 0 Å². The lowest BCUT2D eigenvalue weighted by Crippen LogP contribution is -2.43. The first-order valence-corrected chi connectivity index (χ1v) is 7.33. The summed E-state index contributed by atoms with van der Waals surface area (Å²) in [6.45, 7) is 7.28. The van der Waals surface area contributed by atoms with Crippen molar-refractivity contribution in [3.8, 4) is 0 Å². The van der Waals surface area contributed by atoms with Crippen molar-refractivity contribution in [3.63, 3.8) is 0 Å². The molecule has 0 spiro atoms. The maximum absolute atomic E-state index is 3.75. The van der Waals surface area contributed by atoms with E-state index in [-0.39, 0.29) is 0 Å². The van der Waals surface area contributed by atoms with Gasteiger partial charge in [-0.15, -0.1) is 0 Å². The molecule has 2 atom stereocenters. The predicted molar refractivity (Wildman–Crippen MR) is 73.3 cm³/mol. The summed E-state index contributed by atoms with van der Waals surface area (Å²) in [5.41, 5.74) is 0. The molecule has 1 aliphatic carbocycles. The number of likely N-dealkylation sites (tertiary alicyclic amines) is 1. The number of rotatable bonds is 7. The predicted octanol–water partition coefficient (Wildman–Crippen LogP) is 1.40. The van der Waals surface area contributed by atoms with Gasteiger partial charge in [0, 0.05) is 25.2 Å². The van der Waals surface area contributed by atoms with Crippen LogP contribution in [0, 0.1) is 5.92 Å². The molecule has 0 bridgehead atoms. The molecular formula is C14H29N3. The molecule has 0 amide bonds. The van der Waals surface area contributed by atoms with Crippen LogP contribution in [0.5, 0.6) is 0 Å². The second kappa shape index (κ2) is 6.17. The summed E-state index contributed by atoms with van der Waals surface area (Å²) in [4.78, 5) is 5.04. The summed E-state index contributed by atoms with van der Waals surface area (Å²) in [7, 11) is 4.42. The van der Waals surface area contributed by atoms with Gasteiger partial charge in [-0.25, -0.2) is 0 Å². The van der Waals surface area contributed by atoms with Gasteiger partial charge in [0.1, 0.15) is 0 Å².